The maximum absolute atomic E-state index is 11.4. The summed E-state index contributed by atoms with van der Waals surface area (Å²) >= 11 is 0. The summed E-state index contributed by atoms with van der Waals surface area (Å²) in [5.41, 5.74) is -1.18. The number of hydrogen-bond acceptors (Lipinski definition) is 6. The van der Waals surface area contributed by atoms with Crippen LogP contribution in [0, 0.1) is 21.4 Å². The third kappa shape index (κ3) is 2.49. The third-order valence-electron chi connectivity index (χ3n) is 1.93. The third-order valence-corrected chi connectivity index (χ3v) is 1.93. The highest BCUT2D eigenvalue weighted by atomic mass is 16.6. The van der Waals surface area contributed by atoms with E-state index < -0.39 is 22.3 Å². The monoisotopic (exact) mass is 236 g/mol. The maximum atomic E-state index is 11.4. The van der Waals surface area contributed by atoms with E-state index in [1.54, 1.807) is 13.0 Å². The second-order valence-corrected chi connectivity index (χ2v) is 2.98. The highest BCUT2D eigenvalue weighted by Crippen LogP contribution is 2.28. The Hall–Kier alpha value is -2.62. The molecular weight excluding hydrogens is 228 g/mol. The lowest BCUT2D eigenvalue weighted by Gasteiger charge is -2.04. The van der Waals surface area contributed by atoms with Crippen LogP contribution in [-0.2, 0) is 4.74 Å². The summed E-state index contributed by atoms with van der Waals surface area (Å²) in [6.45, 7) is 1.61. The van der Waals surface area contributed by atoms with E-state index in [0.29, 0.717) is 0 Å². The van der Waals surface area contributed by atoms with Crippen LogP contribution in [-0.4, -0.2) is 22.6 Å². The van der Waals surface area contributed by atoms with E-state index in [-0.39, 0.29) is 17.7 Å². The van der Waals surface area contributed by atoms with Crippen molar-refractivity contribution >= 4 is 11.7 Å². The molecule has 0 saturated heterocycles. The lowest BCUT2D eigenvalue weighted by molar-refractivity contribution is -0.385. The van der Waals surface area contributed by atoms with Gasteiger partial charge in [0.2, 0.25) is 0 Å². The van der Waals surface area contributed by atoms with Crippen LogP contribution in [0.1, 0.15) is 22.8 Å². The lowest BCUT2D eigenvalue weighted by atomic mass is 10.1. The zero-order chi connectivity index (χ0) is 13.0. The average Bonchev–Trinajstić information content (AvgIpc) is 2.28. The van der Waals surface area contributed by atoms with Crippen molar-refractivity contribution in [2.24, 2.45) is 0 Å². The normalized spacial score (nSPS) is 9.41. The largest absolute Gasteiger partial charge is 0.506 e. The second-order valence-electron chi connectivity index (χ2n) is 2.98. The molecule has 0 aliphatic heterocycles. The van der Waals surface area contributed by atoms with Gasteiger partial charge in [-0.2, -0.15) is 5.26 Å². The van der Waals surface area contributed by atoms with Crippen LogP contribution in [0.3, 0.4) is 0 Å². The first-order valence-corrected chi connectivity index (χ1v) is 4.59. The Bertz CT molecular complexity index is 518. The number of ether oxygens (including phenoxy) is 1. The van der Waals surface area contributed by atoms with E-state index in [2.05, 4.69) is 4.74 Å². The standard InChI is InChI=1S/C10H8N2O5/c1-2-17-10(14)7-3-6(5-11)9(13)4-8(7)12(15)16/h3-4,13H,2H2,1H3. The molecule has 0 saturated carbocycles. The second kappa shape index (κ2) is 4.94. The summed E-state index contributed by atoms with van der Waals surface area (Å²) in [5, 5.41) is 28.6. The molecule has 0 fully saturated rings. The number of nitrogens with zero attached hydrogens (tertiary/aromatic N) is 2. The SMILES string of the molecule is CCOC(=O)c1cc(C#N)c(O)cc1[N+](=O)[O-]. The fourth-order valence-corrected chi connectivity index (χ4v) is 1.19. The minimum atomic E-state index is -0.907. The van der Waals surface area contributed by atoms with Crippen molar-refractivity contribution in [3.8, 4) is 11.8 Å². The molecule has 1 rings (SSSR count). The molecule has 0 radical (unpaired) electrons. The van der Waals surface area contributed by atoms with Gasteiger partial charge < -0.3 is 9.84 Å². The Morgan fingerprint density at radius 2 is 2.29 bits per heavy atom. The summed E-state index contributed by atoms with van der Waals surface area (Å²) in [6, 6.07) is 3.31. The number of phenols is 1. The minimum absolute atomic E-state index is 0.0543. The zero-order valence-corrected chi connectivity index (χ0v) is 8.84. The number of carbonyl (C=O) groups is 1. The number of phenolic OH excluding ortho intramolecular Hbond substituents is 1. The van der Waals surface area contributed by atoms with Crippen LogP contribution in [0.4, 0.5) is 5.69 Å². The molecule has 1 aromatic rings. The summed E-state index contributed by atoms with van der Waals surface area (Å²) in [4.78, 5) is 21.3. The summed E-state index contributed by atoms with van der Waals surface area (Å²) in [7, 11) is 0. The van der Waals surface area contributed by atoms with Gasteiger partial charge in [-0.15, -0.1) is 0 Å². The van der Waals surface area contributed by atoms with Crippen molar-refractivity contribution < 1.29 is 19.6 Å². The zero-order valence-electron chi connectivity index (χ0n) is 8.84. The molecule has 0 unspecified atom stereocenters. The first-order valence-electron chi connectivity index (χ1n) is 4.59. The molecule has 0 aliphatic carbocycles. The molecule has 17 heavy (non-hydrogen) atoms. The predicted octanol–water partition coefficient (Wildman–Crippen LogP) is 1.35. The first-order chi connectivity index (χ1) is 8.01. The van der Waals surface area contributed by atoms with Crippen LogP contribution in [0.15, 0.2) is 12.1 Å². The smallest absolute Gasteiger partial charge is 0.345 e. The van der Waals surface area contributed by atoms with E-state index in [9.17, 15) is 20.0 Å². The first kappa shape index (κ1) is 12.4. The van der Waals surface area contributed by atoms with Crippen LogP contribution in [0.25, 0.3) is 0 Å². The van der Waals surface area contributed by atoms with Crippen molar-refractivity contribution in [1.29, 1.82) is 5.26 Å². The summed E-state index contributed by atoms with van der Waals surface area (Å²) in [5.74, 6) is -1.46. The molecule has 1 N–H and O–H groups in total. The lowest BCUT2D eigenvalue weighted by Crippen LogP contribution is -2.08. The molecule has 1 aromatic carbocycles. The number of esters is 1. The van der Waals surface area contributed by atoms with Crippen molar-refractivity contribution in [2.75, 3.05) is 6.61 Å². The minimum Gasteiger partial charge on any atom is -0.506 e. The van der Waals surface area contributed by atoms with Gasteiger partial charge in [0.15, 0.2) is 0 Å². The van der Waals surface area contributed by atoms with Crippen molar-refractivity contribution in [1.82, 2.24) is 0 Å². The molecule has 0 spiro atoms. The molecule has 0 aromatic heterocycles. The fraction of sp³-hybridized carbons (Fsp3) is 0.200. The van der Waals surface area contributed by atoms with Gasteiger partial charge in [0, 0.05) is 0 Å². The number of hydrogen-bond donors (Lipinski definition) is 1. The number of nitriles is 1. The molecule has 0 atom stereocenters. The molecule has 7 heteroatoms. The number of benzene rings is 1. The van der Waals surface area contributed by atoms with E-state index in [4.69, 9.17) is 5.26 Å². The number of nitro groups is 1. The average molecular weight is 236 g/mol. The quantitative estimate of drug-likeness (QED) is 0.481. The van der Waals surface area contributed by atoms with Gasteiger partial charge >= 0.3 is 5.97 Å². The molecular formula is C10H8N2O5. The van der Waals surface area contributed by atoms with Crippen LogP contribution < -0.4 is 0 Å². The molecule has 88 valence electrons. The summed E-state index contributed by atoms with van der Waals surface area (Å²) in [6.07, 6.45) is 0. The molecule has 0 aliphatic rings. The Balaban J connectivity index is 3.40. The van der Waals surface area contributed by atoms with Crippen LogP contribution in [0.2, 0.25) is 0 Å². The molecule has 0 heterocycles. The van der Waals surface area contributed by atoms with E-state index >= 15 is 0 Å². The van der Waals surface area contributed by atoms with Gasteiger partial charge in [-0.3, -0.25) is 10.1 Å². The Labute approximate surface area is 96.0 Å². The Morgan fingerprint density at radius 1 is 1.65 bits per heavy atom. The highest BCUT2D eigenvalue weighted by molar-refractivity contribution is 5.94. The molecule has 0 bridgehead atoms. The van der Waals surface area contributed by atoms with Gasteiger partial charge in [0.1, 0.15) is 17.4 Å². The van der Waals surface area contributed by atoms with Crippen molar-refractivity contribution in [3.05, 3.63) is 33.4 Å². The number of nitro benzene ring substituents is 1. The summed E-state index contributed by atoms with van der Waals surface area (Å²) < 4.78 is 4.62. The van der Waals surface area contributed by atoms with Gasteiger partial charge in [-0.25, -0.2) is 4.79 Å². The highest BCUT2D eigenvalue weighted by Gasteiger charge is 2.24. The molecule has 0 amide bonds. The fourth-order valence-electron chi connectivity index (χ4n) is 1.19. The Kier molecular flexibility index (Phi) is 3.62. The Morgan fingerprint density at radius 3 is 2.76 bits per heavy atom. The maximum Gasteiger partial charge on any atom is 0.345 e. The van der Waals surface area contributed by atoms with Crippen LogP contribution in [0.5, 0.6) is 5.75 Å². The number of carbonyl (C=O) groups excluding carboxylic acids is 1. The van der Waals surface area contributed by atoms with E-state index in [1.807, 2.05) is 0 Å². The topological polar surface area (TPSA) is 113 Å². The van der Waals surface area contributed by atoms with Crippen LogP contribution >= 0.6 is 0 Å². The van der Waals surface area contributed by atoms with E-state index in [0.717, 1.165) is 12.1 Å². The predicted molar refractivity (Wildman–Crippen MR) is 55.4 cm³/mol. The van der Waals surface area contributed by atoms with Crippen molar-refractivity contribution in [2.45, 2.75) is 6.92 Å². The van der Waals surface area contributed by atoms with Gasteiger partial charge in [-0.05, 0) is 13.0 Å². The van der Waals surface area contributed by atoms with Gasteiger partial charge in [0.05, 0.1) is 23.2 Å². The number of rotatable bonds is 3. The van der Waals surface area contributed by atoms with Gasteiger partial charge in [0.25, 0.3) is 5.69 Å². The molecule has 7 nitrogen and oxygen atoms in total. The van der Waals surface area contributed by atoms with Crippen molar-refractivity contribution in [3.63, 3.8) is 0 Å². The van der Waals surface area contributed by atoms with E-state index in [1.165, 1.54) is 0 Å². The van der Waals surface area contributed by atoms with Gasteiger partial charge in [-0.1, -0.05) is 0 Å². The number of aromatic hydroxyl groups is 1.